The van der Waals surface area contributed by atoms with Crippen molar-refractivity contribution < 1.29 is 4.79 Å². The van der Waals surface area contributed by atoms with Crippen molar-refractivity contribution in [2.75, 3.05) is 13.1 Å². The summed E-state index contributed by atoms with van der Waals surface area (Å²) in [5.41, 5.74) is 0. The van der Waals surface area contributed by atoms with Crippen LogP contribution in [0.25, 0.3) is 0 Å². The Morgan fingerprint density at radius 3 is 3.00 bits per heavy atom. The van der Waals surface area contributed by atoms with Crippen molar-refractivity contribution in [2.24, 2.45) is 11.8 Å². The van der Waals surface area contributed by atoms with E-state index in [4.69, 9.17) is 0 Å². The molecule has 19 heavy (non-hydrogen) atoms. The van der Waals surface area contributed by atoms with Gasteiger partial charge in [-0.3, -0.25) is 4.79 Å². The highest BCUT2D eigenvalue weighted by molar-refractivity contribution is 7.10. The lowest BCUT2D eigenvalue weighted by Crippen LogP contribution is -2.31. The molecule has 0 saturated carbocycles. The molecule has 2 N–H and O–H groups in total. The van der Waals surface area contributed by atoms with E-state index in [1.807, 2.05) is 6.07 Å². The van der Waals surface area contributed by atoms with Crippen LogP contribution in [0.1, 0.15) is 44.0 Å². The van der Waals surface area contributed by atoms with Gasteiger partial charge in [0.05, 0.1) is 6.04 Å². The van der Waals surface area contributed by atoms with Gasteiger partial charge in [-0.15, -0.1) is 11.3 Å². The number of nitrogens with one attached hydrogen (secondary N) is 2. The molecule has 2 heterocycles. The minimum Gasteiger partial charge on any atom is -0.348 e. The molecule has 106 valence electrons. The van der Waals surface area contributed by atoms with Crippen LogP contribution in [-0.4, -0.2) is 19.0 Å². The van der Waals surface area contributed by atoms with Gasteiger partial charge in [-0.25, -0.2) is 0 Å². The standard InChI is InChI=1S/C15H24N2OS/c1-11(2)15(13-4-3-9-19-13)17-14(18)6-5-12-7-8-16-10-12/h3-4,9,11-12,15-16H,5-8,10H2,1-2H3,(H,17,18). The molecule has 0 aromatic carbocycles. The van der Waals surface area contributed by atoms with E-state index in [9.17, 15) is 4.79 Å². The van der Waals surface area contributed by atoms with Crippen LogP contribution in [0, 0.1) is 11.8 Å². The Labute approximate surface area is 119 Å². The lowest BCUT2D eigenvalue weighted by Gasteiger charge is -2.21. The predicted octanol–water partition coefficient (Wildman–Crippen LogP) is 2.95. The molecule has 0 spiro atoms. The van der Waals surface area contributed by atoms with E-state index in [1.54, 1.807) is 11.3 Å². The molecule has 2 rings (SSSR count). The molecule has 1 aromatic heterocycles. The van der Waals surface area contributed by atoms with Crippen molar-refractivity contribution in [1.29, 1.82) is 0 Å². The van der Waals surface area contributed by atoms with E-state index in [1.165, 1.54) is 11.3 Å². The number of rotatable bonds is 6. The summed E-state index contributed by atoms with van der Waals surface area (Å²) in [5.74, 6) is 1.31. The van der Waals surface area contributed by atoms with Gasteiger partial charge in [-0.2, -0.15) is 0 Å². The highest BCUT2D eigenvalue weighted by atomic mass is 32.1. The van der Waals surface area contributed by atoms with Crippen LogP contribution in [0.15, 0.2) is 17.5 Å². The second-order valence-corrected chi connectivity index (χ2v) is 6.68. The van der Waals surface area contributed by atoms with E-state index in [2.05, 4.69) is 35.9 Å². The van der Waals surface area contributed by atoms with Gasteiger partial charge in [-0.1, -0.05) is 19.9 Å². The summed E-state index contributed by atoms with van der Waals surface area (Å²) in [6, 6.07) is 4.32. The Kier molecular flexibility index (Phi) is 5.40. The number of thiophene rings is 1. The van der Waals surface area contributed by atoms with Crippen LogP contribution in [-0.2, 0) is 4.79 Å². The monoisotopic (exact) mass is 280 g/mol. The maximum absolute atomic E-state index is 12.1. The second kappa shape index (κ2) is 7.06. The van der Waals surface area contributed by atoms with Crippen molar-refractivity contribution in [3.05, 3.63) is 22.4 Å². The molecule has 1 aliphatic rings. The summed E-state index contributed by atoms with van der Waals surface area (Å²) in [7, 11) is 0. The van der Waals surface area contributed by atoms with Crippen molar-refractivity contribution in [3.8, 4) is 0 Å². The van der Waals surface area contributed by atoms with Gasteiger partial charge in [0.1, 0.15) is 0 Å². The van der Waals surface area contributed by atoms with Crippen LogP contribution in [0.3, 0.4) is 0 Å². The SMILES string of the molecule is CC(C)C(NC(=O)CCC1CCNC1)c1cccs1. The van der Waals surface area contributed by atoms with Gasteiger partial charge in [-0.05, 0) is 49.2 Å². The zero-order valence-electron chi connectivity index (χ0n) is 11.8. The Balaban J connectivity index is 1.81. The molecule has 3 nitrogen and oxygen atoms in total. The van der Waals surface area contributed by atoms with Gasteiger partial charge in [0.15, 0.2) is 0 Å². The van der Waals surface area contributed by atoms with Crippen LogP contribution in [0.5, 0.6) is 0 Å². The van der Waals surface area contributed by atoms with Gasteiger partial charge in [0.25, 0.3) is 0 Å². The fraction of sp³-hybridized carbons (Fsp3) is 0.667. The molecule has 1 aromatic rings. The molecule has 2 unspecified atom stereocenters. The van der Waals surface area contributed by atoms with E-state index in [0.29, 0.717) is 18.3 Å². The fourth-order valence-corrected chi connectivity index (χ4v) is 3.53. The summed E-state index contributed by atoms with van der Waals surface area (Å²) in [4.78, 5) is 13.3. The fourth-order valence-electron chi connectivity index (χ4n) is 2.58. The summed E-state index contributed by atoms with van der Waals surface area (Å²) in [6.45, 7) is 6.50. The zero-order valence-corrected chi connectivity index (χ0v) is 12.6. The number of amides is 1. The molecular formula is C15H24N2OS. The highest BCUT2D eigenvalue weighted by Crippen LogP contribution is 2.26. The number of hydrogen-bond donors (Lipinski definition) is 2. The summed E-state index contributed by atoms with van der Waals surface area (Å²) >= 11 is 1.72. The predicted molar refractivity (Wildman–Crippen MR) is 80.3 cm³/mol. The first-order valence-corrected chi connectivity index (χ1v) is 8.08. The number of carbonyl (C=O) groups is 1. The first-order valence-electron chi connectivity index (χ1n) is 7.20. The Morgan fingerprint density at radius 2 is 2.42 bits per heavy atom. The third-order valence-electron chi connectivity index (χ3n) is 3.77. The molecule has 1 saturated heterocycles. The summed E-state index contributed by atoms with van der Waals surface area (Å²) in [5, 5.41) is 8.61. The third-order valence-corrected chi connectivity index (χ3v) is 4.73. The van der Waals surface area contributed by atoms with Crippen molar-refractivity contribution >= 4 is 17.2 Å². The van der Waals surface area contributed by atoms with Gasteiger partial charge >= 0.3 is 0 Å². The Morgan fingerprint density at radius 1 is 1.58 bits per heavy atom. The average molecular weight is 280 g/mol. The maximum Gasteiger partial charge on any atom is 0.220 e. The smallest absolute Gasteiger partial charge is 0.220 e. The lowest BCUT2D eigenvalue weighted by atomic mass is 10.0. The molecule has 1 fully saturated rings. The Hall–Kier alpha value is -0.870. The minimum atomic E-state index is 0.161. The number of hydrogen-bond acceptors (Lipinski definition) is 3. The first-order chi connectivity index (χ1) is 9.16. The molecule has 1 aliphatic heterocycles. The van der Waals surface area contributed by atoms with Crippen LogP contribution >= 0.6 is 11.3 Å². The highest BCUT2D eigenvalue weighted by Gasteiger charge is 2.20. The topological polar surface area (TPSA) is 41.1 Å². The van der Waals surface area contributed by atoms with E-state index in [-0.39, 0.29) is 11.9 Å². The van der Waals surface area contributed by atoms with Crippen molar-refractivity contribution in [3.63, 3.8) is 0 Å². The summed E-state index contributed by atoms with van der Waals surface area (Å²) in [6.07, 6.45) is 2.88. The van der Waals surface area contributed by atoms with E-state index in [0.717, 1.165) is 19.5 Å². The first kappa shape index (κ1) is 14.5. The summed E-state index contributed by atoms with van der Waals surface area (Å²) < 4.78 is 0. The van der Waals surface area contributed by atoms with E-state index < -0.39 is 0 Å². The van der Waals surface area contributed by atoms with E-state index >= 15 is 0 Å². The quantitative estimate of drug-likeness (QED) is 0.841. The van der Waals surface area contributed by atoms with Crippen LogP contribution < -0.4 is 10.6 Å². The molecule has 1 amide bonds. The van der Waals surface area contributed by atoms with Crippen molar-refractivity contribution in [2.45, 2.75) is 39.2 Å². The molecular weight excluding hydrogens is 256 g/mol. The third kappa shape index (κ3) is 4.32. The molecule has 0 aliphatic carbocycles. The molecule has 0 radical (unpaired) electrons. The zero-order chi connectivity index (χ0) is 13.7. The largest absolute Gasteiger partial charge is 0.348 e. The second-order valence-electron chi connectivity index (χ2n) is 5.70. The molecule has 2 atom stereocenters. The minimum absolute atomic E-state index is 0.161. The van der Waals surface area contributed by atoms with Crippen molar-refractivity contribution in [1.82, 2.24) is 10.6 Å². The average Bonchev–Trinajstić information content (AvgIpc) is 3.05. The molecule has 0 bridgehead atoms. The maximum atomic E-state index is 12.1. The van der Waals surface area contributed by atoms with Gasteiger partial charge < -0.3 is 10.6 Å². The van der Waals surface area contributed by atoms with Crippen LogP contribution in [0.4, 0.5) is 0 Å². The number of carbonyl (C=O) groups excluding carboxylic acids is 1. The van der Waals surface area contributed by atoms with Gasteiger partial charge in [0.2, 0.25) is 5.91 Å². The normalized spacial score (nSPS) is 20.7. The van der Waals surface area contributed by atoms with Gasteiger partial charge in [0, 0.05) is 11.3 Å². The molecule has 4 heteroatoms. The lowest BCUT2D eigenvalue weighted by molar-refractivity contribution is -0.122. The Bertz CT molecular complexity index is 383. The van der Waals surface area contributed by atoms with Crippen LogP contribution in [0.2, 0.25) is 0 Å².